The lowest BCUT2D eigenvalue weighted by molar-refractivity contribution is -0.142. The van der Waals surface area contributed by atoms with Crippen molar-refractivity contribution in [2.75, 3.05) is 7.11 Å². The van der Waals surface area contributed by atoms with E-state index in [-0.39, 0.29) is 18.0 Å². The minimum Gasteiger partial charge on any atom is -0.508 e. The average Bonchev–Trinajstić information content (AvgIpc) is 2.79. The molecule has 6 nitrogen and oxygen atoms in total. The van der Waals surface area contributed by atoms with Crippen LogP contribution in [0.2, 0.25) is 0 Å². The number of benzene rings is 3. The molecule has 0 saturated carbocycles. The van der Waals surface area contributed by atoms with Crippen LogP contribution in [-0.4, -0.2) is 35.9 Å². The normalized spacial score (nSPS) is 11.4. The second kappa shape index (κ2) is 9.52. The summed E-state index contributed by atoms with van der Waals surface area (Å²) in [6.07, 6.45) is 0.205. The summed E-state index contributed by atoms with van der Waals surface area (Å²) in [5.74, 6) is -1.08. The Kier molecular flexibility index (Phi) is 6.60. The van der Waals surface area contributed by atoms with Gasteiger partial charge in [-0.1, -0.05) is 54.6 Å². The molecule has 0 aliphatic carbocycles. The van der Waals surface area contributed by atoms with E-state index in [1.54, 1.807) is 48.5 Å². The second-order valence-corrected chi connectivity index (χ2v) is 6.69. The third-order valence-corrected chi connectivity index (χ3v) is 4.61. The summed E-state index contributed by atoms with van der Waals surface area (Å²) < 4.78 is 4.81. The number of hydrogen-bond acceptors (Lipinski definition) is 5. The fraction of sp³-hybridized carbons (Fsp3) is 0.125. The Bertz CT molecular complexity index is 1030. The smallest absolute Gasteiger partial charge is 0.328 e. The number of hydrogen-bond donors (Lipinski definition) is 2. The standard InChI is InChI=1S/C24H21NO5/c1-30-24(29)21(25-23(28)19-11-13-20(26)14-12-19)15-16-7-9-18(10-8-16)22(27)17-5-3-2-4-6-17/h2-14,21,26H,15H2,1H3,(H,25,28)/t21-/m1/s1. The van der Waals surface area contributed by atoms with E-state index in [0.29, 0.717) is 16.7 Å². The Labute approximate surface area is 174 Å². The molecule has 0 fully saturated rings. The molecule has 1 atom stereocenters. The number of ether oxygens (including phenoxy) is 1. The molecule has 6 heteroatoms. The average molecular weight is 403 g/mol. The number of phenolic OH excluding ortho intramolecular Hbond substituents is 1. The maximum Gasteiger partial charge on any atom is 0.328 e. The van der Waals surface area contributed by atoms with Crippen molar-refractivity contribution >= 4 is 17.7 Å². The van der Waals surface area contributed by atoms with Gasteiger partial charge in [0.05, 0.1) is 7.11 Å². The topological polar surface area (TPSA) is 92.7 Å². The fourth-order valence-electron chi connectivity index (χ4n) is 2.97. The Morgan fingerprint density at radius 2 is 1.40 bits per heavy atom. The lowest BCUT2D eigenvalue weighted by Crippen LogP contribution is -2.43. The predicted octanol–water partition coefficient (Wildman–Crippen LogP) is 3.14. The number of amides is 1. The monoisotopic (exact) mass is 403 g/mol. The summed E-state index contributed by atoms with van der Waals surface area (Å²) >= 11 is 0. The van der Waals surface area contributed by atoms with Gasteiger partial charge in [-0.25, -0.2) is 4.79 Å². The van der Waals surface area contributed by atoms with Crippen LogP contribution in [0.1, 0.15) is 31.8 Å². The molecule has 0 heterocycles. The fourth-order valence-corrected chi connectivity index (χ4v) is 2.97. The third kappa shape index (κ3) is 5.11. The van der Waals surface area contributed by atoms with Gasteiger partial charge in [0.1, 0.15) is 11.8 Å². The van der Waals surface area contributed by atoms with E-state index in [1.165, 1.54) is 31.4 Å². The number of aromatic hydroxyl groups is 1. The SMILES string of the molecule is COC(=O)[C@@H](Cc1ccc(C(=O)c2ccccc2)cc1)NC(=O)c1ccc(O)cc1. The number of esters is 1. The summed E-state index contributed by atoms with van der Waals surface area (Å²) in [6.45, 7) is 0. The zero-order chi connectivity index (χ0) is 21.5. The van der Waals surface area contributed by atoms with Gasteiger partial charge in [0.2, 0.25) is 0 Å². The summed E-state index contributed by atoms with van der Waals surface area (Å²) in [5.41, 5.74) is 2.21. The van der Waals surface area contributed by atoms with Crippen molar-refractivity contribution in [2.45, 2.75) is 12.5 Å². The highest BCUT2D eigenvalue weighted by Gasteiger charge is 2.23. The largest absolute Gasteiger partial charge is 0.508 e. The molecule has 3 aromatic rings. The Morgan fingerprint density at radius 3 is 2.00 bits per heavy atom. The minimum absolute atomic E-state index is 0.0428. The van der Waals surface area contributed by atoms with Crippen molar-refractivity contribution in [3.8, 4) is 5.75 Å². The van der Waals surface area contributed by atoms with Gasteiger partial charge in [0, 0.05) is 23.1 Å². The molecule has 0 aromatic heterocycles. The van der Waals surface area contributed by atoms with E-state index < -0.39 is 17.9 Å². The Morgan fingerprint density at radius 1 is 0.833 bits per heavy atom. The van der Waals surface area contributed by atoms with Gasteiger partial charge in [-0.3, -0.25) is 9.59 Å². The van der Waals surface area contributed by atoms with Gasteiger partial charge in [0.15, 0.2) is 5.78 Å². The van der Waals surface area contributed by atoms with Crippen LogP contribution in [0.15, 0.2) is 78.9 Å². The van der Waals surface area contributed by atoms with E-state index in [2.05, 4.69) is 5.32 Å². The molecular weight excluding hydrogens is 382 g/mol. The first-order valence-electron chi connectivity index (χ1n) is 9.34. The molecule has 0 saturated heterocycles. The first kappa shape index (κ1) is 20.8. The lowest BCUT2D eigenvalue weighted by atomic mass is 9.99. The van der Waals surface area contributed by atoms with E-state index in [9.17, 15) is 19.5 Å². The Balaban J connectivity index is 1.72. The summed E-state index contributed by atoms with van der Waals surface area (Å²) in [6, 6.07) is 20.7. The van der Waals surface area contributed by atoms with Crippen LogP contribution in [0.3, 0.4) is 0 Å². The summed E-state index contributed by atoms with van der Waals surface area (Å²) in [5, 5.41) is 12.0. The van der Waals surface area contributed by atoms with Crippen LogP contribution >= 0.6 is 0 Å². The number of carbonyl (C=O) groups excluding carboxylic acids is 3. The zero-order valence-electron chi connectivity index (χ0n) is 16.4. The van der Waals surface area contributed by atoms with Crippen LogP contribution in [0, 0.1) is 0 Å². The molecule has 3 rings (SSSR count). The number of ketones is 1. The van der Waals surface area contributed by atoms with Gasteiger partial charge in [-0.05, 0) is 29.8 Å². The highest BCUT2D eigenvalue weighted by molar-refractivity contribution is 6.08. The molecule has 0 bridgehead atoms. The Hall–Kier alpha value is -3.93. The number of rotatable bonds is 7. The maximum absolute atomic E-state index is 12.5. The molecule has 0 unspecified atom stereocenters. The molecule has 30 heavy (non-hydrogen) atoms. The van der Waals surface area contributed by atoms with Gasteiger partial charge in [-0.2, -0.15) is 0 Å². The molecule has 2 N–H and O–H groups in total. The minimum atomic E-state index is -0.896. The number of methoxy groups -OCH3 is 1. The first-order chi connectivity index (χ1) is 14.5. The quantitative estimate of drug-likeness (QED) is 0.467. The third-order valence-electron chi connectivity index (χ3n) is 4.61. The molecule has 1 amide bonds. The zero-order valence-corrected chi connectivity index (χ0v) is 16.4. The molecular formula is C24H21NO5. The lowest BCUT2D eigenvalue weighted by Gasteiger charge is -2.17. The van der Waals surface area contributed by atoms with E-state index >= 15 is 0 Å². The summed E-state index contributed by atoms with van der Waals surface area (Å²) in [4.78, 5) is 37.1. The van der Waals surface area contributed by atoms with Gasteiger partial charge >= 0.3 is 5.97 Å². The predicted molar refractivity (Wildman–Crippen MR) is 111 cm³/mol. The van der Waals surface area contributed by atoms with E-state index in [4.69, 9.17) is 4.74 Å². The van der Waals surface area contributed by atoms with Gasteiger partial charge < -0.3 is 15.2 Å². The molecule has 152 valence electrons. The van der Waals surface area contributed by atoms with E-state index in [0.717, 1.165) is 5.56 Å². The van der Waals surface area contributed by atoms with Crippen molar-refractivity contribution in [2.24, 2.45) is 0 Å². The van der Waals surface area contributed by atoms with Gasteiger partial charge in [0.25, 0.3) is 5.91 Å². The van der Waals surface area contributed by atoms with Crippen LogP contribution in [-0.2, 0) is 16.0 Å². The molecule has 0 radical (unpaired) electrons. The van der Waals surface area contributed by atoms with Crippen LogP contribution < -0.4 is 5.32 Å². The van der Waals surface area contributed by atoms with Crippen molar-refractivity contribution < 1.29 is 24.2 Å². The number of nitrogens with one attached hydrogen (secondary N) is 1. The van der Waals surface area contributed by atoms with Crippen molar-refractivity contribution in [3.63, 3.8) is 0 Å². The highest BCUT2D eigenvalue weighted by atomic mass is 16.5. The maximum atomic E-state index is 12.5. The molecule has 0 aliphatic heterocycles. The number of carbonyl (C=O) groups is 3. The van der Waals surface area contributed by atoms with E-state index in [1.807, 2.05) is 6.07 Å². The van der Waals surface area contributed by atoms with Crippen LogP contribution in [0.25, 0.3) is 0 Å². The van der Waals surface area contributed by atoms with Crippen LogP contribution in [0.5, 0.6) is 5.75 Å². The summed E-state index contributed by atoms with van der Waals surface area (Å²) in [7, 11) is 1.25. The second-order valence-electron chi connectivity index (χ2n) is 6.69. The number of phenols is 1. The highest BCUT2D eigenvalue weighted by Crippen LogP contribution is 2.14. The van der Waals surface area contributed by atoms with Crippen molar-refractivity contribution in [1.29, 1.82) is 0 Å². The van der Waals surface area contributed by atoms with Gasteiger partial charge in [-0.15, -0.1) is 0 Å². The molecule has 0 spiro atoms. The van der Waals surface area contributed by atoms with Crippen molar-refractivity contribution in [3.05, 3.63) is 101 Å². The van der Waals surface area contributed by atoms with Crippen LogP contribution in [0.4, 0.5) is 0 Å². The first-order valence-corrected chi connectivity index (χ1v) is 9.34. The molecule has 3 aromatic carbocycles. The molecule has 0 aliphatic rings. The van der Waals surface area contributed by atoms with Crippen molar-refractivity contribution in [1.82, 2.24) is 5.32 Å².